The van der Waals surface area contributed by atoms with Crippen LogP contribution in [-0.2, 0) is 9.53 Å². The van der Waals surface area contributed by atoms with Crippen molar-refractivity contribution in [1.82, 2.24) is 4.98 Å². The Hall–Kier alpha value is -4.03. The van der Waals surface area contributed by atoms with E-state index in [4.69, 9.17) is 19.6 Å². The van der Waals surface area contributed by atoms with E-state index in [2.05, 4.69) is 20.9 Å². The summed E-state index contributed by atoms with van der Waals surface area (Å²) in [6, 6.07) is 10.6. The molecule has 0 saturated heterocycles. The second kappa shape index (κ2) is 10.0. The van der Waals surface area contributed by atoms with Gasteiger partial charge in [-0.25, -0.2) is 9.78 Å². The van der Waals surface area contributed by atoms with Crippen molar-refractivity contribution in [2.45, 2.75) is 19.9 Å². The average Bonchev–Trinajstić information content (AvgIpc) is 3.41. The average molecular weight is 598 g/mol. The topological polar surface area (TPSA) is 142 Å². The number of aromatic nitrogens is 1. The number of hydrogen-bond acceptors (Lipinski definition) is 9. The van der Waals surface area contributed by atoms with Crippen LogP contribution in [0, 0.1) is 6.92 Å². The molecule has 2 amide bonds. The van der Waals surface area contributed by atoms with Crippen LogP contribution in [0.2, 0.25) is 0 Å². The van der Waals surface area contributed by atoms with Crippen molar-refractivity contribution < 1.29 is 28.3 Å². The molecule has 1 aliphatic rings. The zero-order chi connectivity index (χ0) is 27.1. The third-order valence-corrected chi connectivity index (χ3v) is 7.49. The number of hydrogen-bond donors (Lipinski definition) is 1. The number of carbonyl (C=O) groups excluding carboxylic acids is 3. The normalized spacial score (nSPS) is 14.6. The molecule has 4 aromatic rings. The van der Waals surface area contributed by atoms with Crippen LogP contribution < -0.4 is 20.8 Å². The molecule has 3 heterocycles. The Morgan fingerprint density at radius 3 is 2.61 bits per heavy atom. The molecule has 0 spiro atoms. The minimum Gasteiger partial charge on any atom is -0.484 e. The molecule has 1 aliphatic heterocycles. The Balaban J connectivity index is 1.68. The third kappa shape index (κ3) is 4.45. The maximum absolute atomic E-state index is 13.8. The molecule has 2 aromatic carbocycles. The Morgan fingerprint density at radius 2 is 1.92 bits per heavy atom. The lowest BCUT2D eigenvalue weighted by Crippen LogP contribution is -2.29. The Bertz CT molecular complexity index is 1660. The van der Waals surface area contributed by atoms with E-state index >= 15 is 0 Å². The van der Waals surface area contributed by atoms with Crippen molar-refractivity contribution in [2.75, 3.05) is 18.1 Å². The van der Waals surface area contributed by atoms with Crippen LogP contribution in [0.1, 0.15) is 50.0 Å². The highest BCUT2D eigenvalue weighted by atomic mass is 79.9. The first-order valence-electron chi connectivity index (χ1n) is 11.4. The fourth-order valence-electron chi connectivity index (χ4n) is 4.23. The van der Waals surface area contributed by atoms with Crippen LogP contribution in [0.4, 0.5) is 5.13 Å². The van der Waals surface area contributed by atoms with Gasteiger partial charge < -0.3 is 19.6 Å². The van der Waals surface area contributed by atoms with Gasteiger partial charge in [-0.3, -0.25) is 19.3 Å². The zero-order valence-corrected chi connectivity index (χ0v) is 22.6. The summed E-state index contributed by atoms with van der Waals surface area (Å²) in [5.74, 6) is -1.45. The number of amides is 2. The molecular formula is C26H20BrN3O7S. The number of aryl methyl sites for hydroxylation is 1. The van der Waals surface area contributed by atoms with Crippen LogP contribution in [0.5, 0.6) is 5.75 Å². The number of benzene rings is 2. The highest BCUT2D eigenvalue weighted by Gasteiger charge is 2.45. The number of carbonyl (C=O) groups is 3. The number of thiazole rings is 1. The van der Waals surface area contributed by atoms with E-state index in [0.29, 0.717) is 26.9 Å². The van der Waals surface area contributed by atoms with Gasteiger partial charge in [0, 0.05) is 4.47 Å². The van der Waals surface area contributed by atoms with Crippen LogP contribution in [0.25, 0.3) is 11.0 Å². The van der Waals surface area contributed by atoms with E-state index in [-0.39, 0.29) is 45.6 Å². The fourth-order valence-corrected chi connectivity index (χ4v) is 5.58. The monoisotopic (exact) mass is 597 g/mol. The lowest BCUT2D eigenvalue weighted by atomic mass is 9.98. The molecule has 194 valence electrons. The number of halogens is 1. The molecule has 1 unspecified atom stereocenters. The second-order valence-corrected chi connectivity index (χ2v) is 10.2. The zero-order valence-electron chi connectivity index (χ0n) is 20.1. The molecule has 12 heteroatoms. The summed E-state index contributed by atoms with van der Waals surface area (Å²) < 4.78 is 17.1. The summed E-state index contributed by atoms with van der Waals surface area (Å²) in [7, 11) is 0. The summed E-state index contributed by atoms with van der Waals surface area (Å²) in [5.41, 5.74) is 6.17. The van der Waals surface area contributed by atoms with Gasteiger partial charge in [0.2, 0.25) is 5.76 Å². The lowest BCUT2D eigenvalue weighted by Gasteiger charge is -2.22. The van der Waals surface area contributed by atoms with Crippen molar-refractivity contribution in [2.24, 2.45) is 5.73 Å². The van der Waals surface area contributed by atoms with Gasteiger partial charge in [0.15, 0.2) is 17.2 Å². The molecule has 0 fully saturated rings. The molecule has 1 atom stereocenters. The summed E-state index contributed by atoms with van der Waals surface area (Å²) in [4.78, 5) is 57.1. The molecule has 0 aliphatic carbocycles. The maximum Gasteiger partial charge on any atom is 0.350 e. The first-order chi connectivity index (χ1) is 18.2. The number of nitrogens with zero attached hydrogens (tertiary/aromatic N) is 2. The van der Waals surface area contributed by atoms with E-state index in [0.717, 1.165) is 11.3 Å². The molecule has 0 radical (unpaired) electrons. The van der Waals surface area contributed by atoms with E-state index in [9.17, 15) is 19.2 Å². The van der Waals surface area contributed by atoms with Gasteiger partial charge >= 0.3 is 5.97 Å². The van der Waals surface area contributed by atoms with Gasteiger partial charge in [-0.1, -0.05) is 39.4 Å². The molecule has 5 rings (SSSR count). The fraction of sp³-hybridized carbons (Fsp3) is 0.192. The molecule has 10 nitrogen and oxygen atoms in total. The smallest absolute Gasteiger partial charge is 0.350 e. The van der Waals surface area contributed by atoms with Gasteiger partial charge in [0.25, 0.3) is 11.8 Å². The second-order valence-electron chi connectivity index (χ2n) is 8.35. The summed E-state index contributed by atoms with van der Waals surface area (Å²) in [6.45, 7) is 3.24. The van der Waals surface area contributed by atoms with Crippen molar-refractivity contribution >= 4 is 61.2 Å². The van der Waals surface area contributed by atoms with E-state index in [1.165, 1.54) is 4.90 Å². The first kappa shape index (κ1) is 25.6. The number of esters is 1. The van der Waals surface area contributed by atoms with E-state index < -0.39 is 23.8 Å². The number of anilines is 1. The van der Waals surface area contributed by atoms with E-state index in [1.54, 1.807) is 56.3 Å². The van der Waals surface area contributed by atoms with Gasteiger partial charge in [-0.05, 0) is 49.7 Å². The van der Waals surface area contributed by atoms with Crippen LogP contribution in [0.15, 0.2) is 56.1 Å². The summed E-state index contributed by atoms with van der Waals surface area (Å²) in [6.07, 6.45) is 0. The van der Waals surface area contributed by atoms with Gasteiger partial charge in [-0.2, -0.15) is 0 Å². The van der Waals surface area contributed by atoms with Gasteiger partial charge in [0.05, 0.1) is 29.3 Å². The standard InChI is InChI=1S/C26H20BrN3O7S/c1-3-35-25(34)23-12(2)29-26(38-23)30-20(13-4-7-15(8-5-13)36-11-18(28)31)19-21(32)16-10-14(27)6-9-17(16)37-22(19)24(30)33/h4-10,20H,3,11H2,1-2H3,(H2,28,31). The van der Waals surface area contributed by atoms with Crippen LogP contribution in [0.3, 0.4) is 0 Å². The predicted octanol–water partition coefficient (Wildman–Crippen LogP) is 4.11. The lowest BCUT2D eigenvalue weighted by molar-refractivity contribution is -0.119. The van der Waals surface area contributed by atoms with Gasteiger partial charge in [0.1, 0.15) is 16.2 Å². The quantitative estimate of drug-likeness (QED) is 0.314. The number of rotatable bonds is 7. The summed E-state index contributed by atoms with van der Waals surface area (Å²) in [5, 5.41) is 0.521. The minimum atomic E-state index is -0.900. The van der Waals surface area contributed by atoms with Crippen molar-refractivity contribution in [3.8, 4) is 5.75 Å². The highest BCUT2D eigenvalue weighted by Crippen LogP contribution is 2.43. The number of fused-ring (bicyclic) bond motifs is 2. The SMILES string of the molecule is CCOC(=O)c1sc(N2C(=O)c3oc4ccc(Br)cc4c(=O)c3C2c2ccc(OCC(N)=O)cc2)nc1C. The third-order valence-electron chi connectivity index (χ3n) is 5.86. The summed E-state index contributed by atoms with van der Waals surface area (Å²) >= 11 is 4.38. The molecule has 2 N–H and O–H groups in total. The molecule has 38 heavy (non-hydrogen) atoms. The van der Waals surface area contributed by atoms with Crippen LogP contribution in [-0.4, -0.2) is 36.0 Å². The van der Waals surface area contributed by atoms with Crippen molar-refractivity contribution in [3.05, 3.63) is 84.6 Å². The Morgan fingerprint density at radius 1 is 1.18 bits per heavy atom. The number of nitrogens with two attached hydrogens (primary N) is 1. The Kier molecular flexibility index (Phi) is 6.76. The largest absolute Gasteiger partial charge is 0.484 e. The van der Waals surface area contributed by atoms with Crippen LogP contribution >= 0.6 is 27.3 Å². The van der Waals surface area contributed by atoms with E-state index in [1.807, 2.05) is 0 Å². The number of primary amides is 1. The minimum absolute atomic E-state index is 0.102. The van der Waals surface area contributed by atoms with Crippen molar-refractivity contribution in [3.63, 3.8) is 0 Å². The first-order valence-corrected chi connectivity index (χ1v) is 13.1. The molecular weight excluding hydrogens is 578 g/mol. The maximum atomic E-state index is 13.8. The predicted molar refractivity (Wildman–Crippen MR) is 143 cm³/mol. The van der Waals surface area contributed by atoms with Crippen molar-refractivity contribution in [1.29, 1.82) is 0 Å². The molecule has 2 aromatic heterocycles. The Labute approximate surface area is 228 Å². The van der Waals surface area contributed by atoms with Gasteiger partial charge in [-0.15, -0.1) is 0 Å². The molecule has 0 saturated carbocycles. The highest BCUT2D eigenvalue weighted by molar-refractivity contribution is 9.10. The number of ether oxygens (including phenoxy) is 2. The molecule has 0 bridgehead atoms.